The minimum absolute atomic E-state index is 0.0750. The van der Waals surface area contributed by atoms with Crippen LogP contribution in [0.2, 0.25) is 0 Å². The van der Waals surface area contributed by atoms with Gasteiger partial charge in [-0.05, 0) is 5.56 Å². The quantitative estimate of drug-likeness (QED) is 0.584. The van der Waals surface area contributed by atoms with E-state index in [0.717, 1.165) is 0 Å². The van der Waals surface area contributed by atoms with Crippen molar-refractivity contribution in [3.05, 3.63) is 35.4 Å². The van der Waals surface area contributed by atoms with Gasteiger partial charge in [-0.25, -0.2) is 0 Å². The molecule has 0 heterocycles. The molecule has 0 radical (unpaired) electrons. The smallest absolute Gasteiger partial charge is 0.150 e. The molecule has 0 saturated carbocycles. The summed E-state index contributed by atoms with van der Waals surface area (Å²) in [5.41, 5.74) is 0.764. The molecule has 0 spiro atoms. The van der Waals surface area contributed by atoms with E-state index in [4.69, 9.17) is 11.6 Å². The molecule has 1 aromatic carbocycles. The number of carbonyl (C=O) groups excluding carboxylic acids is 1. The molecule has 1 rings (SSSR count). The second-order valence-electron chi connectivity index (χ2n) is 2.91. The predicted octanol–water partition coefficient (Wildman–Crippen LogP) is 1.13. The molecule has 3 nitrogen and oxygen atoms in total. The monoisotopic (exact) mass is 214 g/mol. The Morgan fingerprint density at radius 3 is 2.57 bits per heavy atom. The summed E-state index contributed by atoms with van der Waals surface area (Å²) >= 11 is 5.39. The normalized spacial score (nSPS) is 14.8. The second kappa shape index (κ2) is 5.10. The first-order valence-electron chi connectivity index (χ1n) is 4.17. The highest BCUT2D eigenvalue weighted by Gasteiger charge is 2.19. The van der Waals surface area contributed by atoms with Crippen molar-refractivity contribution in [2.45, 2.75) is 12.2 Å². The van der Waals surface area contributed by atoms with Gasteiger partial charge in [-0.1, -0.05) is 24.3 Å². The molecule has 0 saturated heterocycles. The van der Waals surface area contributed by atoms with Crippen LogP contribution < -0.4 is 0 Å². The van der Waals surface area contributed by atoms with Crippen LogP contribution in [0.4, 0.5) is 0 Å². The van der Waals surface area contributed by atoms with Crippen molar-refractivity contribution in [2.75, 3.05) is 5.88 Å². The third-order valence-corrected chi connectivity index (χ3v) is 2.28. The Bertz CT molecular complexity index is 314. The zero-order valence-electron chi connectivity index (χ0n) is 7.43. The van der Waals surface area contributed by atoms with Gasteiger partial charge < -0.3 is 10.2 Å². The van der Waals surface area contributed by atoms with Gasteiger partial charge in [-0.2, -0.15) is 0 Å². The van der Waals surface area contributed by atoms with Crippen molar-refractivity contribution in [1.82, 2.24) is 0 Å². The highest BCUT2D eigenvalue weighted by atomic mass is 35.5. The van der Waals surface area contributed by atoms with E-state index in [0.29, 0.717) is 17.4 Å². The molecule has 2 atom stereocenters. The van der Waals surface area contributed by atoms with E-state index >= 15 is 0 Å². The van der Waals surface area contributed by atoms with E-state index in [1.165, 1.54) is 0 Å². The number of halogens is 1. The SMILES string of the molecule is O=Cc1ccccc1C(O)C(O)CCl. The molecule has 0 bridgehead atoms. The largest absolute Gasteiger partial charge is 0.389 e. The number of benzene rings is 1. The zero-order chi connectivity index (χ0) is 10.6. The molecule has 4 heteroatoms. The number of aliphatic hydroxyl groups excluding tert-OH is 2. The van der Waals surface area contributed by atoms with Crippen LogP contribution in [0.15, 0.2) is 24.3 Å². The lowest BCUT2D eigenvalue weighted by molar-refractivity contribution is 0.0323. The lowest BCUT2D eigenvalue weighted by Crippen LogP contribution is -2.20. The summed E-state index contributed by atoms with van der Waals surface area (Å²) in [5.74, 6) is -0.0750. The first kappa shape index (κ1) is 11.2. The molecular weight excluding hydrogens is 204 g/mol. The Morgan fingerprint density at radius 2 is 2.00 bits per heavy atom. The van der Waals surface area contributed by atoms with Crippen LogP contribution in [-0.4, -0.2) is 28.5 Å². The first-order chi connectivity index (χ1) is 6.70. The highest BCUT2D eigenvalue weighted by molar-refractivity contribution is 6.18. The Morgan fingerprint density at radius 1 is 1.36 bits per heavy atom. The van der Waals surface area contributed by atoms with Crippen LogP contribution in [0.5, 0.6) is 0 Å². The highest BCUT2D eigenvalue weighted by Crippen LogP contribution is 2.20. The first-order valence-corrected chi connectivity index (χ1v) is 4.70. The number of alkyl halides is 1. The molecule has 0 aliphatic carbocycles. The van der Waals surface area contributed by atoms with Crippen molar-refractivity contribution in [3.63, 3.8) is 0 Å². The molecule has 0 aliphatic rings. The van der Waals surface area contributed by atoms with Crippen LogP contribution >= 0.6 is 11.6 Å². The summed E-state index contributed by atoms with van der Waals surface area (Å²) in [6.45, 7) is 0. The van der Waals surface area contributed by atoms with Gasteiger partial charge in [-0.15, -0.1) is 11.6 Å². The number of hydrogen-bond donors (Lipinski definition) is 2. The lowest BCUT2D eigenvalue weighted by Gasteiger charge is -2.16. The fraction of sp³-hybridized carbons (Fsp3) is 0.300. The Labute approximate surface area is 86.9 Å². The summed E-state index contributed by atoms with van der Waals surface area (Å²) in [5, 5.41) is 18.9. The van der Waals surface area contributed by atoms with Gasteiger partial charge in [0.15, 0.2) is 0 Å². The van der Waals surface area contributed by atoms with E-state index < -0.39 is 12.2 Å². The molecule has 2 unspecified atom stereocenters. The molecule has 1 aromatic rings. The van der Waals surface area contributed by atoms with E-state index in [9.17, 15) is 15.0 Å². The van der Waals surface area contributed by atoms with Crippen LogP contribution in [0, 0.1) is 0 Å². The van der Waals surface area contributed by atoms with E-state index in [1.54, 1.807) is 24.3 Å². The van der Waals surface area contributed by atoms with Crippen LogP contribution in [-0.2, 0) is 0 Å². The number of aliphatic hydroxyl groups is 2. The van der Waals surface area contributed by atoms with E-state index in [2.05, 4.69) is 0 Å². The van der Waals surface area contributed by atoms with Crippen LogP contribution in [0.3, 0.4) is 0 Å². The Kier molecular flexibility index (Phi) is 4.07. The number of hydrogen-bond acceptors (Lipinski definition) is 3. The molecule has 0 amide bonds. The molecule has 0 aromatic heterocycles. The fourth-order valence-electron chi connectivity index (χ4n) is 1.18. The van der Waals surface area contributed by atoms with Gasteiger partial charge >= 0.3 is 0 Å². The summed E-state index contributed by atoms with van der Waals surface area (Å²) in [6.07, 6.45) is -1.54. The van der Waals surface area contributed by atoms with Gasteiger partial charge in [0.05, 0.1) is 12.0 Å². The van der Waals surface area contributed by atoms with E-state index in [-0.39, 0.29) is 5.88 Å². The van der Waals surface area contributed by atoms with Gasteiger partial charge in [0.1, 0.15) is 12.4 Å². The van der Waals surface area contributed by atoms with Gasteiger partial charge in [0.25, 0.3) is 0 Å². The molecule has 2 N–H and O–H groups in total. The van der Waals surface area contributed by atoms with Gasteiger partial charge in [0.2, 0.25) is 0 Å². The van der Waals surface area contributed by atoms with Crippen molar-refractivity contribution >= 4 is 17.9 Å². The van der Waals surface area contributed by atoms with Gasteiger partial charge in [-0.3, -0.25) is 4.79 Å². The van der Waals surface area contributed by atoms with E-state index in [1.807, 2.05) is 0 Å². The van der Waals surface area contributed by atoms with Crippen molar-refractivity contribution in [3.8, 4) is 0 Å². The molecule has 76 valence electrons. The van der Waals surface area contributed by atoms with Gasteiger partial charge in [0, 0.05) is 5.56 Å². The lowest BCUT2D eigenvalue weighted by atomic mass is 10.0. The fourth-order valence-corrected chi connectivity index (χ4v) is 1.35. The number of aldehydes is 1. The standard InChI is InChI=1S/C10H11ClO3/c11-5-9(13)10(14)8-4-2-1-3-7(8)6-12/h1-4,6,9-10,13-14H,5H2. The Hall–Kier alpha value is -0.900. The molecular formula is C10H11ClO3. The maximum absolute atomic E-state index is 10.6. The zero-order valence-corrected chi connectivity index (χ0v) is 8.19. The number of rotatable bonds is 4. The summed E-state index contributed by atoms with van der Waals surface area (Å²) in [4.78, 5) is 10.6. The van der Waals surface area contributed by atoms with Crippen LogP contribution in [0.1, 0.15) is 22.0 Å². The maximum atomic E-state index is 10.6. The minimum Gasteiger partial charge on any atom is -0.389 e. The maximum Gasteiger partial charge on any atom is 0.150 e. The topological polar surface area (TPSA) is 57.5 Å². The van der Waals surface area contributed by atoms with Crippen molar-refractivity contribution < 1.29 is 15.0 Å². The average Bonchev–Trinajstić information content (AvgIpc) is 2.26. The minimum atomic E-state index is -1.12. The second-order valence-corrected chi connectivity index (χ2v) is 3.22. The number of carbonyl (C=O) groups is 1. The Balaban J connectivity index is 2.99. The van der Waals surface area contributed by atoms with Crippen LogP contribution in [0.25, 0.3) is 0 Å². The van der Waals surface area contributed by atoms with Crippen molar-refractivity contribution in [1.29, 1.82) is 0 Å². The predicted molar refractivity (Wildman–Crippen MR) is 53.5 cm³/mol. The summed E-state index contributed by atoms with van der Waals surface area (Å²) in [6, 6.07) is 6.54. The summed E-state index contributed by atoms with van der Waals surface area (Å²) < 4.78 is 0. The van der Waals surface area contributed by atoms with Crippen molar-refractivity contribution in [2.24, 2.45) is 0 Å². The average molecular weight is 215 g/mol. The molecule has 14 heavy (non-hydrogen) atoms. The third kappa shape index (κ3) is 2.32. The summed E-state index contributed by atoms with van der Waals surface area (Å²) in [7, 11) is 0. The molecule has 0 fully saturated rings. The molecule has 0 aliphatic heterocycles. The third-order valence-electron chi connectivity index (χ3n) is 1.96.